The summed E-state index contributed by atoms with van der Waals surface area (Å²) in [5.41, 5.74) is 3.94. The van der Waals surface area contributed by atoms with Crippen molar-refractivity contribution in [2.75, 3.05) is 49.1 Å². The van der Waals surface area contributed by atoms with Crippen LogP contribution in [0.15, 0.2) is 72.8 Å². The van der Waals surface area contributed by atoms with Crippen molar-refractivity contribution in [2.24, 2.45) is 0 Å². The highest BCUT2D eigenvalue weighted by molar-refractivity contribution is 6.11. The van der Waals surface area contributed by atoms with Gasteiger partial charge in [-0.05, 0) is 139 Å². The van der Waals surface area contributed by atoms with E-state index < -0.39 is 17.7 Å². The first kappa shape index (κ1) is 39.5. The van der Waals surface area contributed by atoms with E-state index in [4.69, 9.17) is 33.5 Å². The van der Waals surface area contributed by atoms with Gasteiger partial charge in [0.1, 0.15) is 23.4 Å². The van der Waals surface area contributed by atoms with Gasteiger partial charge < -0.3 is 43.6 Å². The van der Waals surface area contributed by atoms with Gasteiger partial charge in [0.05, 0.1) is 47.6 Å². The number of aromatic hydroxyl groups is 1. The zero-order chi connectivity index (χ0) is 39.2. The molecule has 2 N–H and O–H groups in total. The minimum absolute atomic E-state index is 0.0330. The molecule has 0 radical (unpaired) electrons. The Kier molecular flexibility index (Phi) is 12.4. The van der Waals surface area contributed by atoms with Crippen LogP contribution in [0, 0.1) is 0 Å². The Hall–Kier alpha value is -5.68. The van der Waals surface area contributed by atoms with Gasteiger partial charge in [0.15, 0.2) is 23.0 Å². The molecular formula is C43H50N2O9. The Morgan fingerprint density at radius 2 is 1.41 bits per heavy atom. The van der Waals surface area contributed by atoms with E-state index in [-0.39, 0.29) is 11.8 Å². The summed E-state index contributed by atoms with van der Waals surface area (Å²) < 4.78 is 33.3. The Bertz CT molecular complexity index is 2110. The molecule has 0 aromatic heterocycles. The van der Waals surface area contributed by atoms with Gasteiger partial charge in [0.2, 0.25) is 0 Å². The van der Waals surface area contributed by atoms with Crippen LogP contribution in [0.5, 0.6) is 34.5 Å². The van der Waals surface area contributed by atoms with Gasteiger partial charge in [0, 0.05) is 6.54 Å². The normalized spacial score (nSPS) is 14.6. The fourth-order valence-corrected chi connectivity index (χ4v) is 6.79. The van der Waals surface area contributed by atoms with E-state index in [2.05, 4.69) is 59.7 Å². The molecule has 1 aliphatic rings. The fraction of sp³-hybridized carbons (Fsp3) is 0.349. The lowest BCUT2D eigenvalue weighted by Gasteiger charge is -2.36. The lowest BCUT2D eigenvalue weighted by molar-refractivity contribution is -0.109. The molecule has 0 saturated carbocycles. The van der Waals surface area contributed by atoms with Crippen LogP contribution < -0.4 is 29.0 Å². The molecule has 11 heteroatoms. The molecular weight excluding hydrogens is 688 g/mol. The Balaban J connectivity index is 0.000000251. The molecule has 0 saturated heterocycles. The molecule has 0 spiro atoms. The first-order valence-electron chi connectivity index (χ1n) is 17.7. The van der Waals surface area contributed by atoms with Crippen LogP contribution in [0.4, 0.5) is 4.79 Å². The van der Waals surface area contributed by atoms with E-state index in [9.17, 15) is 9.59 Å². The number of carbonyl (C=O) groups is 2. The van der Waals surface area contributed by atoms with Gasteiger partial charge in [-0.3, -0.25) is 4.90 Å². The van der Waals surface area contributed by atoms with Crippen molar-refractivity contribution >= 4 is 33.9 Å². The fourth-order valence-electron chi connectivity index (χ4n) is 6.79. The summed E-state index contributed by atoms with van der Waals surface area (Å²) in [6.45, 7) is 6.19. The second-order valence-electron chi connectivity index (χ2n) is 14.1. The van der Waals surface area contributed by atoms with Crippen LogP contribution in [0.25, 0.3) is 21.5 Å². The predicted molar refractivity (Wildman–Crippen MR) is 210 cm³/mol. The van der Waals surface area contributed by atoms with E-state index >= 15 is 0 Å². The monoisotopic (exact) mass is 738 g/mol. The number of hydrogen-bond acceptors (Lipinski definition) is 10. The van der Waals surface area contributed by atoms with Gasteiger partial charge in [-0.25, -0.2) is 4.79 Å². The molecule has 11 nitrogen and oxygen atoms in total. The molecule has 0 aliphatic carbocycles. The molecule has 54 heavy (non-hydrogen) atoms. The largest absolute Gasteiger partial charge is 0.508 e. The molecule has 0 fully saturated rings. The lowest BCUT2D eigenvalue weighted by Crippen LogP contribution is -2.41. The van der Waals surface area contributed by atoms with Crippen LogP contribution in [0.2, 0.25) is 0 Å². The predicted octanol–water partition coefficient (Wildman–Crippen LogP) is 7.64. The second-order valence-corrected chi connectivity index (χ2v) is 14.1. The first-order chi connectivity index (χ1) is 25.8. The number of ether oxygens (including phenoxy) is 6. The van der Waals surface area contributed by atoms with Gasteiger partial charge in [-0.1, -0.05) is 18.2 Å². The molecule has 1 heterocycles. The Labute approximate surface area is 316 Å². The van der Waals surface area contributed by atoms with Crippen molar-refractivity contribution in [3.63, 3.8) is 0 Å². The molecule has 1 amide bonds. The van der Waals surface area contributed by atoms with Crippen LogP contribution >= 0.6 is 0 Å². The number of phenolic OH excluding ortho intramolecular Hbond substituents is 1. The number of hydrogen-bond donors (Lipinski definition) is 2. The molecule has 0 bridgehead atoms. The van der Waals surface area contributed by atoms with Crippen molar-refractivity contribution < 1.29 is 43.1 Å². The average molecular weight is 739 g/mol. The molecule has 6 rings (SSSR count). The third kappa shape index (κ3) is 8.91. The van der Waals surface area contributed by atoms with E-state index in [0.717, 1.165) is 57.3 Å². The summed E-state index contributed by atoms with van der Waals surface area (Å²) in [5, 5.41) is 16.1. The summed E-state index contributed by atoms with van der Waals surface area (Å²) in [6, 6.07) is 22.7. The van der Waals surface area contributed by atoms with Gasteiger partial charge in [0.25, 0.3) is 0 Å². The summed E-state index contributed by atoms with van der Waals surface area (Å²) in [7, 11) is 10.6. The quantitative estimate of drug-likeness (QED) is 0.109. The number of benzene rings is 5. The van der Waals surface area contributed by atoms with Crippen molar-refractivity contribution in [3.8, 4) is 34.5 Å². The van der Waals surface area contributed by atoms with Crippen LogP contribution in [0.3, 0.4) is 0 Å². The number of methoxy groups -OCH3 is 5. The Morgan fingerprint density at radius 3 is 2.00 bits per heavy atom. The third-order valence-corrected chi connectivity index (χ3v) is 9.36. The van der Waals surface area contributed by atoms with Crippen molar-refractivity contribution in [2.45, 2.75) is 51.3 Å². The number of rotatable bonds is 10. The van der Waals surface area contributed by atoms with E-state index in [1.165, 1.54) is 28.8 Å². The zero-order valence-electron chi connectivity index (χ0n) is 32.4. The van der Waals surface area contributed by atoms with E-state index in [1.807, 2.05) is 6.07 Å². The topological polar surface area (TPSA) is 125 Å². The maximum absolute atomic E-state index is 11.5. The Morgan fingerprint density at radius 1 is 0.796 bits per heavy atom. The number of fused-ring (bicyclic) bond motifs is 4. The number of aldehydes is 1. The first-order valence-corrected chi connectivity index (χ1v) is 17.7. The number of likely N-dealkylation sites (N-methyl/N-ethyl adjacent to an activating group) is 1. The highest BCUT2D eigenvalue weighted by Crippen LogP contribution is 2.46. The van der Waals surface area contributed by atoms with E-state index in [1.54, 1.807) is 68.5 Å². The highest BCUT2D eigenvalue weighted by atomic mass is 16.6. The standard InChI is InChI=1S/C29H31NO5.C14H19NO4/c1-30-10-9-18-12-25(32-3)26(33-4)14-21(18)29(30)24-11-17-7-8-19(31-2)13-20(17)22-15-27(34-5)28(35-6)16-23(22)24;1-14(2,3)19-13(18)15-11(9-16)8-10-4-6-12(17)7-5-10/h7-8,11-16,29H,9-10H2,1-6H3;4-7,9,11,17H,8H2,1-3H3,(H,15,18). The van der Waals surface area contributed by atoms with Crippen LogP contribution in [-0.4, -0.2) is 83.2 Å². The number of nitrogens with zero attached hydrogens (tertiary/aromatic N) is 1. The van der Waals surface area contributed by atoms with E-state index in [0.29, 0.717) is 24.2 Å². The van der Waals surface area contributed by atoms with Crippen LogP contribution in [-0.2, 0) is 22.4 Å². The minimum Gasteiger partial charge on any atom is -0.508 e. The van der Waals surface area contributed by atoms with Crippen molar-refractivity contribution in [1.82, 2.24) is 10.2 Å². The summed E-state index contributed by atoms with van der Waals surface area (Å²) in [4.78, 5) is 24.9. The number of phenols is 1. The molecule has 5 aromatic rings. The number of carbonyl (C=O) groups excluding carboxylic acids is 2. The maximum atomic E-state index is 11.5. The highest BCUT2D eigenvalue weighted by Gasteiger charge is 2.30. The lowest BCUT2D eigenvalue weighted by atomic mass is 9.84. The summed E-state index contributed by atoms with van der Waals surface area (Å²) >= 11 is 0. The van der Waals surface area contributed by atoms with Gasteiger partial charge in [-0.15, -0.1) is 0 Å². The van der Waals surface area contributed by atoms with Gasteiger partial charge in [-0.2, -0.15) is 0 Å². The average Bonchev–Trinajstić information content (AvgIpc) is 3.16. The molecule has 2 unspecified atom stereocenters. The van der Waals surface area contributed by atoms with Gasteiger partial charge >= 0.3 is 6.09 Å². The second kappa shape index (κ2) is 17.0. The molecule has 2 atom stereocenters. The molecule has 1 aliphatic heterocycles. The summed E-state index contributed by atoms with van der Waals surface area (Å²) in [5.74, 6) is 3.88. The molecule has 5 aromatic carbocycles. The van der Waals surface area contributed by atoms with Crippen LogP contribution in [0.1, 0.15) is 49.1 Å². The SMILES string of the molecule is CC(C)(C)OC(=O)NC(C=O)Cc1ccc(O)cc1.COc1ccc2cc(C3c4cc(OC)c(OC)cc4CCN3C)c3cc(OC)c(OC)cc3c2c1. The number of alkyl carbamates (subject to hydrolysis) is 1. The van der Waals surface area contributed by atoms with Crippen molar-refractivity contribution in [3.05, 3.63) is 95.1 Å². The molecule has 286 valence electrons. The summed E-state index contributed by atoms with van der Waals surface area (Å²) in [6.07, 6.45) is 1.34. The zero-order valence-corrected chi connectivity index (χ0v) is 32.4. The number of nitrogens with one attached hydrogen (secondary N) is 1. The maximum Gasteiger partial charge on any atom is 0.408 e. The minimum atomic E-state index is -0.653. The smallest absolute Gasteiger partial charge is 0.408 e. The number of amides is 1. The van der Waals surface area contributed by atoms with Crippen molar-refractivity contribution in [1.29, 1.82) is 0 Å². The third-order valence-electron chi connectivity index (χ3n) is 9.36.